The molecule has 0 aliphatic carbocycles. The summed E-state index contributed by atoms with van der Waals surface area (Å²) in [7, 11) is -11.9. The molecule has 0 fully saturated rings. The van der Waals surface area contributed by atoms with Gasteiger partial charge in [-0.25, -0.2) is 0 Å². The summed E-state index contributed by atoms with van der Waals surface area (Å²) < 4.78 is 56.9. The van der Waals surface area contributed by atoms with Crippen LogP contribution < -0.4 is 0 Å². The Morgan fingerprint density at radius 2 is 0.895 bits per heavy atom. The second kappa shape index (κ2) is 20.3. The van der Waals surface area contributed by atoms with Gasteiger partial charge < -0.3 is 30.1 Å². The third-order valence-electron chi connectivity index (χ3n) is 0.211. The molecule has 0 unspecified atom stereocenters. The molecule has 0 saturated carbocycles. The van der Waals surface area contributed by atoms with Crippen LogP contribution in [-0.2, 0) is 10.1 Å². The summed E-state index contributed by atoms with van der Waals surface area (Å²) in [5, 5.41) is 42.1. The zero-order valence-corrected chi connectivity index (χ0v) is 9.32. The van der Waals surface area contributed by atoms with Gasteiger partial charge in [0.15, 0.2) is 0 Å². The Morgan fingerprint density at radius 3 is 0.895 bits per heavy atom. The van der Waals surface area contributed by atoms with Crippen molar-refractivity contribution in [3.8, 4) is 0 Å². The molecule has 0 spiro atoms. The van der Waals surface area contributed by atoms with E-state index in [9.17, 15) is 21.4 Å². The molecule has 0 saturated heterocycles. The molecule has 0 bridgehead atoms. The minimum atomic E-state index is -3.90. The monoisotopic (exact) mass is 308 g/mol. The standard InChI is InChI=1S/C2H4O3S.3BFH2O2.Li.H/c1-2-6(3,4)5;3*2-1(3)4;;/h2H,1H2,(H,3,4,5);3*3-4H;;. The van der Waals surface area contributed by atoms with Crippen molar-refractivity contribution < 1.29 is 56.1 Å². The van der Waals surface area contributed by atoms with Crippen LogP contribution in [0.3, 0.4) is 0 Å². The molecule has 0 aliphatic rings. The molecule has 0 amide bonds. The quantitative estimate of drug-likeness (QED) is 0.189. The van der Waals surface area contributed by atoms with Crippen molar-refractivity contribution in [1.82, 2.24) is 0 Å². The second-order valence-corrected chi connectivity index (χ2v) is 2.98. The molecule has 0 aromatic carbocycles. The Labute approximate surface area is 119 Å². The van der Waals surface area contributed by atoms with Gasteiger partial charge in [-0.05, 0) is 0 Å². The Kier molecular flexibility index (Phi) is 33.6. The van der Waals surface area contributed by atoms with E-state index in [1.54, 1.807) is 0 Å². The van der Waals surface area contributed by atoms with E-state index in [1.807, 2.05) is 0 Å². The molecule has 0 aliphatic heterocycles. The number of rotatable bonds is 1. The molecule has 17 heteroatoms. The first-order valence-corrected chi connectivity index (χ1v) is 4.87. The normalized spacial score (nSPS) is 7.68. The van der Waals surface area contributed by atoms with E-state index >= 15 is 0 Å². The zero-order valence-electron chi connectivity index (χ0n) is 8.51. The third kappa shape index (κ3) is 514. The van der Waals surface area contributed by atoms with Gasteiger partial charge in [0, 0.05) is 0 Å². The van der Waals surface area contributed by atoms with E-state index in [-0.39, 0.29) is 18.9 Å². The molecule has 0 aromatic heterocycles. The Morgan fingerprint density at radius 1 is 0.842 bits per heavy atom. The maximum absolute atomic E-state index is 10.1. The van der Waals surface area contributed by atoms with E-state index in [0.717, 1.165) is 0 Å². The third-order valence-corrected chi connectivity index (χ3v) is 0.632. The van der Waals surface area contributed by atoms with Gasteiger partial charge in [0.05, 0.1) is 5.41 Å². The van der Waals surface area contributed by atoms with Crippen molar-refractivity contribution in [1.29, 1.82) is 0 Å². The van der Waals surface area contributed by atoms with Crippen LogP contribution in [0.2, 0.25) is 0 Å². The van der Waals surface area contributed by atoms with Crippen LogP contribution in [0.4, 0.5) is 12.9 Å². The molecule has 19 heavy (non-hydrogen) atoms. The predicted octanol–water partition coefficient (Wildman–Crippen LogP) is -3.85. The van der Waals surface area contributed by atoms with E-state index in [0.29, 0.717) is 5.41 Å². The van der Waals surface area contributed by atoms with Crippen LogP contribution >= 0.6 is 0 Å². The minimum absolute atomic E-state index is 0. The Balaban J connectivity index is -0.0000000459. The predicted molar refractivity (Wildman–Crippen MR) is 62.8 cm³/mol. The zero-order chi connectivity index (χ0) is 15.9. The molecule has 0 radical (unpaired) electrons. The van der Waals surface area contributed by atoms with E-state index < -0.39 is 32.3 Å². The molecule has 0 atom stereocenters. The van der Waals surface area contributed by atoms with Gasteiger partial charge in [0.25, 0.3) is 10.1 Å². The van der Waals surface area contributed by atoms with Crippen molar-refractivity contribution in [3.63, 3.8) is 0 Å². The summed E-state index contributed by atoms with van der Waals surface area (Å²) in [6, 6.07) is 0. The summed E-state index contributed by atoms with van der Waals surface area (Å²) in [6.45, 7) is 2.79. The first-order chi connectivity index (χ1) is 7.76. The van der Waals surface area contributed by atoms with E-state index in [1.165, 1.54) is 0 Å². The SMILES string of the molecule is C=CS(=O)(=O)O.OB(O)F.OB(O)F.OB(O)F.[LiH]. The van der Waals surface area contributed by atoms with Crippen molar-refractivity contribution in [2.24, 2.45) is 0 Å². The van der Waals surface area contributed by atoms with Crippen molar-refractivity contribution in [2.45, 2.75) is 0 Å². The van der Waals surface area contributed by atoms with Gasteiger partial charge in [-0.3, -0.25) is 17.5 Å². The average Bonchev–Trinajstić information content (AvgIpc) is 1.99. The fourth-order valence-electron chi connectivity index (χ4n) is 0. The fourth-order valence-corrected chi connectivity index (χ4v) is 0. The van der Waals surface area contributed by atoms with Gasteiger partial charge >= 0.3 is 41.0 Å². The first kappa shape index (κ1) is 31.4. The van der Waals surface area contributed by atoms with E-state index in [2.05, 4.69) is 6.58 Å². The summed E-state index contributed by atoms with van der Waals surface area (Å²) in [5.41, 5.74) is 0. The Hall–Kier alpha value is -0.00779. The van der Waals surface area contributed by atoms with Crippen molar-refractivity contribution in [2.75, 3.05) is 0 Å². The molecule has 9 nitrogen and oxygen atoms in total. The summed E-state index contributed by atoms with van der Waals surface area (Å²) in [5.74, 6) is 0. The molecule has 110 valence electrons. The van der Waals surface area contributed by atoms with Gasteiger partial charge in [-0.1, -0.05) is 6.58 Å². The molecular weight excluding hydrogens is 296 g/mol. The summed E-state index contributed by atoms with van der Waals surface area (Å²) in [6.07, 6.45) is 0. The fraction of sp³-hybridized carbons (Fsp3) is 0. The molecular formula is C2H11B3F3LiO9S. The molecule has 0 heterocycles. The summed E-state index contributed by atoms with van der Waals surface area (Å²) in [4.78, 5) is 0. The van der Waals surface area contributed by atoms with Crippen molar-refractivity contribution in [3.05, 3.63) is 12.0 Å². The topological polar surface area (TPSA) is 176 Å². The van der Waals surface area contributed by atoms with Crippen LogP contribution in [0.15, 0.2) is 12.0 Å². The van der Waals surface area contributed by atoms with Crippen LogP contribution in [-0.4, -0.2) is 84.2 Å². The van der Waals surface area contributed by atoms with Gasteiger partial charge in [0.1, 0.15) is 0 Å². The number of halogens is 3. The Bertz CT molecular complexity index is 229. The average molecular weight is 308 g/mol. The number of hydrogen-bond acceptors (Lipinski definition) is 8. The summed E-state index contributed by atoms with van der Waals surface area (Å²) >= 11 is 0. The van der Waals surface area contributed by atoms with Gasteiger partial charge in [0.2, 0.25) is 0 Å². The molecule has 0 aromatic rings. The molecule has 7 N–H and O–H groups in total. The van der Waals surface area contributed by atoms with Crippen molar-refractivity contribution >= 4 is 51.2 Å². The number of hydrogen-bond donors (Lipinski definition) is 7. The second-order valence-electron chi connectivity index (χ2n) is 1.61. The van der Waals surface area contributed by atoms with Crippen LogP contribution in [0, 0.1) is 0 Å². The van der Waals surface area contributed by atoms with Gasteiger partial charge in [-0.15, -0.1) is 0 Å². The first-order valence-electron chi connectivity index (χ1n) is 3.36. The van der Waals surface area contributed by atoms with Crippen LogP contribution in [0.25, 0.3) is 0 Å². The molecule has 0 rings (SSSR count). The maximum atomic E-state index is 10.1. The van der Waals surface area contributed by atoms with Gasteiger partial charge in [-0.2, -0.15) is 8.42 Å². The van der Waals surface area contributed by atoms with E-state index in [4.69, 9.17) is 34.7 Å². The van der Waals surface area contributed by atoms with Crippen LogP contribution in [0.1, 0.15) is 0 Å². The van der Waals surface area contributed by atoms with Crippen LogP contribution in [0.5, 0.6) is 0 Å².